The number of aliphatic hydroxyl groups excluding tert-OH is 1. The molecule has 0 spiro atoms. The molecule has 3 rings (SSSR count). The number of aliphatic hydroxyl groups is 1. The van der Waals surface area contributed by atoms with Gasteiger partial charge in [0.2, 0.25) is 6.29 Å². The molecule has 0 aliphatic carbocycles. The summed E-state index contributed by atoms with van der Waals surface area (Å²) in [5.41, 5.74) is 1.07. The molecule has 0 bridgehead atoms. The third kappa shape index (κ3) is 12.4. The van der Waals surface area contributed by atoms with Gasteiger partial charge in [-0.2, -0.15) is 0 Å². The first-order valence-electron chi connectivity index (χ1n) is 14.7. The van der Waals surface area contributed by atoms with Gasteiger partial charge < -0.3 is 47.9 Å². The van der Waals surface area contributed by atoms with Gasteiger partial charge in [-0.15, -0.1) is 0 Å². The molecule has 1 amide bonds. The summed E-state index contributed by atoms with van der Waals surface area (Å²) in [7, 11) is 0. The number of hydrogen-bond donors (Lipinski definition) is 1. The summed E-state index contributed by atoms with van der Waals surface area (Å²) < 4.78 is 45.8. The summed E-state index contributed by atoms with van der Waals surface area (Å²) in [6, 6.07) is 10.1. The number of ether oxygens (including phenoxy) is 8. The molecule has 41 heavy (non-hydrogen) atoms. The lowest BCUT2D eigenvalue weighted by molar-refractivity contribution is -0.172. The van der Waals surface area contributed by atoms with Crippen molar-refractivity contribution >= 4 is 5.91 Å². The minimum absolute atomic E-state index is 0.0109. The maximum Gasteiger partial charge on any atom is 0.288 e. The van der Waals surface area contributed by atoms with Crippen LogP contribution in [0.2, 0.25) is 0 Å². The lowest BCUT2D eigenvalue weighted by Gasteiger charge is -2.38. The van der Waals surface area contributed by atoms with Crippen molar-refractivity contribution in [1.29, 1.82) is 0 Å². The average Bonchev–Trinajstić information content (AvgIpc) is 3.01. The van der Waals surface area contributed by atoms with E-state index in [1.807, 2.05) is 31.2 Å². The molecule has 2 heterocycles. The van der Waals surface area contributed by atoms with Gasteiger partial charge in [0.25, 0.3) is 5.91 Å². The summed E-state index contributed by atoms with van der Waals surface area (Å²) in [5.74, 6) is -0.145. The standard InChI is InChI=1S/C30H47NO10/c1-2-40-30-26(8-12-34-16-19-37-15-11-32)27(25-6-4-3-5-7-25)24-28(41-30)29(33)31-9-13-35-17-20-38-22-23-39-21-18-36-14-10-31/h3-7,24,26-27,30,32H,2,8-23H2,1H3/t26-,27+,30+/m0/s1. The van der Waals surface area contributed by atoms with Crippen molar-refractivity contribution in [2.24, 2.45) is 5.92 Å². The maximum absolute atomic E-state index is 13.8. The van der Waals surface area contributed by atoms with Crippen molar-refractivity contribution in [3.8, 4) is 0 Å². The van der Waals surface area contributed by atoms with Gasteiger partial charge in [-0.1, -0.05) is 30.3 Å². The Morgan fingerprint density at radius 2 is 1.44 bits per heavy atom. The van der Waals surface area contributed by atoms with Crippen LogP contribution in [0.15, 0.2) is 42.2 Å². The molecule has 1 fully saturated rings. The summed E-state index contributed by atoms with van der Waals surface area (Å²) >= 11 is 0. The molecule has 0 radical (unpaired) electrons. The normalized spacial score (nSPS) is 23.6. The quantitative estimate of drug-likeness (QED) is 0.368. The van der Waals surface area contributed by atoms with Crippen molar-refractivity contribution in [3.63, 3.8) is 0 Å². The fraction of sp³-hybridized carbons (Fsp3) is 0.700. The van der Waals surface area contributed by atoms with Gasteiger partial charge in [0.1, 0.15) is 0 Å². The first kappa shape index (κ1) is 33.4. The van der Waals surface area contributed by atoms with E-state index in [9.17, 15) is 4.79 Å². The Balaban J connectivity index is 1.73. The van der Waals surface area contributed by atoms with E-state index < -0.39 is 6.29 Å². The summed E-state index contributed by atoms with van der Waals surface area (Å²) in [4.78, 5) is 15.5. The van der Waals surface area contributed by atoms with Crippen molar-refractivity contribution in [2.45, 2.75) is 25.6 Å². The monoisotopic (exact) mass is 581 g/mol. The molecule has 1 aromatic carbocycles. The van der Waals surface area contributed by atoms with E-state index in [0.29, 0.717) is 105 Å². The van der Waals surface area contributed by atoms with Crippen LogP contribution in [0.4, 0.5) is 0 Å². The van der Waals surface area contributed by atoms with Crippen molar-refractivity contribution in [2.75, 3.05) is 106 Å². The second-order valence-electron chi connectivity index (χ2n) is 9.55. The molecule has 2 aliphatic heterocycles. The predicted molar refractivity (Wildman–Crippen MR) is 150 cm³/mol. The van der Waals surface area contributed by atoms with Crippen LogP contribution < -0.4 is 0 Å². The Bertz CT molecular complexity index is 839. The average molecular weight is 582 g/mol. The van der Waals surface area contributed by atoms with Crippen LogP contribution in [0.25, 0.3) is 0 Å². The van der Waals surface area contributed by atoms with E-state index in [1.54, 1.807) is 4.90 Å². The predicted octanol–water partition coefficient (Wildman–Crippen LogP) is 1.99. The van der Waals surface area contributed by atoms with E-state index in [2.05, 4.69) is 12.1 Å². The van der Waals surface area contributed by atoms with Gasteiger partial charge >= 0.3 is 0 Å². The molecule has 11 nitrogen and oxygen atoms in total. The molecule has 0 saturated carbocycles. The largest absolute Gasteiger partial charge is 0.459 e. The lowest BCUT2D eigenvalue weighted by Crippen LogP contribution is -2.43. The zero-order chi connectivity index (χ0) is 29.0. The van der Waals surface area contributed by atoms with E-state index in [-0.39, 0.29) is 30.1 Å². The molecular formula is C30H47NO10. The van der Waals surface area contributed by atoms with Gasteiger partial charge in [-0.3, -0.25) is 4.79 Å². The zero-order valence-corrected chi connectivity index (χ0v) is 24.3. The third-order valence-electron chi connectivity index (χ3n) is 6.73. The Kier molecular flexibility index (Phi) is 16.9. The van der Waals surface area contributed by atoms with Crippen LogP contribution >= 0.6 is 0 Å². The van der Waals surface area contributed by atoms with Crippen LogP contribution in [-0.4, -0.2) is 128 Å². The van der Waals surface area contributed by atoms with Crippen molar-refractivity contribution in [1.82, 2.24) is 4.90 Å². The number of hydrogen-bond acceptors (Lipinski definition) is 10. The van der Waals surface area contributed by atoms with Crippen LogP contribution in [0.3, 0.4) is 0 Å². The Morgan fingerprint density at radius 1 is 0.854 bits per heavy atom. The maximum atomic E-state index is 13.8. The second kappa shape index (κ2) is 20.7. The molecule has 3 atom stereocenters. The minimum Gasteiger partial charge on any atom is -0.459 e. The number of benzene rings is 1. The number of allylic oxidation sites excluding steroid dienone is 1. The fourth-order valence-corrected chi connectivity index (χ4v) is 4.67. The molecule has 1 N–H and O–H groups in total. The zero-order valence-electron chi connectivity index (χ0n) is 24.3. The number of carbonyl (C=O) groups excluding carboxylic acids is 1. The topological polar surface area (TPSA) is 114 Å². The molecule has 0 unspecified atom stereocenters. The Labute approximate surface area is 243 Å². The molecule has 0 aromatic heterocycles. The van der Waals surface area contributed by atoms with Crippen molar-refractivity contribution in [3.05, 3.63) is 47.7 Å². The Hall–Kier alpha value is -2.09. The summed E-state index contributed by atoms with van der Waals surface area (Å²) in [5, 5.41) is 8.85. The SMILES string of the molecule is CCO[C@@H]1OC(C(=O)N2CCOCCOCCOCCOCC2)=C[C@H](c2ccccc2)[C@@H]1CCOCCOCCO. The van der Waals surface area contributed by atoms with Crippen LogP contribution in [0.1, 0.15) is 24.8 Å². The highest BCUT2D eigenvalue weighted by Gasteiger charge is 2.39. The molecule has 2 aliphatic rings. The van der Waals surface area contributed by atoms with Crippen LogP contribution in [-0.2, 0) is 42.7 Å². The third-order valence-corrected chi connectivity index (χ3v) is 6.73. The first-order valence-corrected chi connectivity index (χ1v) is 14.7. The molecule has 1 aromatic rings. The van der Waals surface area contributed by atoms with Crippen LogP contribution in [0, 0.1) is 5.92 Å². The minimum atomic E-state index is -0.617. The fourth-order valence-electron chi connectivity index (χ4n) is 4.67. The summed E-state index contributed by atoms with van der Waals surface area (Å²) in [6.07, 6.45) is 1.97. The highest BCUT2D eigenvalue weighted by Crippen LogP contribution is 2.39. The highest BCUT2D eigenvalue weighted by molar-refractivity contribution is 5.91. The first-order chi connectivity index (χ1) is 20.2. The van der Waals surface area contributed by atoms with Crippen LogP contribution in [0.5, 0.6) is 0 Å². The molecule has 11 heteroatoms. The number of carbonyl (C=O) groups is 1. The second-order valence-corrected chi connectivity index (χ2v) is 9.55. The van der Waals surface area contributed by atoms with Gasteiger partial charge in [0, 0.05) is 38.1 Å². The van der Waals surface area contributed by atoms with Gasteiger partial charge in [-0.25, -0.2) is 0 Å². The smallest absolute Gasteiger partial charge is 0.288 e. The van der Waals surface area contributed by atoms with E-state index in [4.69, 9.17) is 43.0 Å². The number of rotatable bonds is 12. The van der Waals surface area contributed by atoms with E-state index >= 15 is 0 Å². The number of nitrogens with zero attached hydrogens (tertiary/aromatic N) is 1. The van der Waals surface area contributed by atoms with E-state index in [0.717, 1.165) is 5.56 Å². The number of amides is 1. The molecule has 1 saturated heterocycles. The Morgan fingerprint density at radius 3 is 2.02 bits per heavy atom. The van der Waals surface area contributed by atoms with Gasteiger partial charge in [-0.05, 0) is 25.0 Å². The molecular weight excluding hydrogens is 534 g/mol. The van der Waals surface area contributed by atoms with Gasteiger partial charge in [0.15, 0.2) is 5.76 Å². The molecule has 232 valence electrons. The van der Waals surface area contributed by atoms with Crippen molar-refractivity contribution < 1.29 is 47.8 Å². The summed E-state index contributed by atoms with van der Waals surface area (Å²) in [6.45, 7) is 8.34. The van der Waals surface area contributed by atoms with Gasteiger partial charge in [0.05, 0.1) is 79.3 Å². The highest BCUT2D eigenvalue weighted by atomic mass is 16.7. The lowest BCUT2D eigenvalue weighted by atomic mass is 9.81. The van der Waals surface area contributed by atoms with E-state index in [1.165, 1.54) is 0 Å².